The van der Waals surface area contributed by atoms with Crippen LogP contribution in [0.25, 0.3) is 0 Å². The molecular formula is C18H18N4O3S. The molecule has 0 aliphatic heterocycles. The first-order valence-corrected chi connectivity index (χ1v) is 9.38. The first kappa shape index (κ1) is 17.8. The number of pyridine rings is 1. The highest BCUT2D eigenvalue weighted by atomic mass is 32.2. The summed E-state index contributed by atoms with van der Waals surface area (Å²) >= 11 is 0. The highest BCUT2D eigenvalue weighted by Crippen LogP contribution is 2.17. The maximum absolute atomic E-state index is 12.7. The van der Waals surface area contributed by atoms with Crippen molar-refractivity contribution in [3.63, 3.8) is 0 Å². The quantitative estimate of drug-likeness (QED) is 0.742. The van der Waals surface area contributed by atoms with Crippen molar-refractivity contribution >= 4 is 15.9 Å². The Bertz CT molecular complexity index is 1040. The molecule has 134 valence electrons. The summed E-state index contributed by atoms with van der Waals surface area (Å²) in [4.78, 5) is 16.6. The van der Waals surface area contributed by atoms with E-state index in [1.165, 1.54) is 18.3 Å². The lowest BCUT2D eigenvalue weighted by Crippen LogP contribution is -2.24. The van der Waals surface area contributed by atoms with Crippen LogP contribution in [0.5, 0.6) is 0 Å². The number of amides is 1. The van der Waals surface area contributed by atoms with Crippen molar-refractivity contribution in [3.8, 4) is 0 Å². The first-order chi connectivity index (χ1) is 12.4. The van der Waals surface area contributed by atoms with Crippen molar-refractivity contribution < 1.29 is 13.2 Å². The monoisotopic (exact) mass is 370 g/mol. The van der Waals surface area contributed by atoms with Gasteiger partial charge in [0.1, 0.15) is 0 Å². The molecule has 7 nitrogen and oxygen atoms in total. The number of hydrogen-bond acceptors (Lipinski definition) is 5. The van der Waals surface area contributed by atoms with Crippen LogP contribution in [0.3, 0.4) is 0 Å². The Labute approximate surface area is 151 Å². The third-order valence-electron chi connectivity index (χ3n) is 3.82. The Morgan fingerprint density at radius 2 is 1.88 bits per heavy atom. The molecule has 0 fully saturated rings. The van der Waals surface area contributed by atoms with Crippen molar-refractivity contribution in [2.24, 2.45) is 0 Å². The molecule has 0 spiro atoms. The maximum Gasteiger partial charge on any atom is 0.283 e. The van der Waals surface area contributed by atoms with Crippen molar-refractivity contribution in [1.82, 2.24) is 19.5 Å². The molecule has 3 aromatic rings. The zero-order valence-electron chi connectivity index (χ0n) is 14.4. The van der Waals surface area contributed by atoms with E-state index in [2.05, 4.69) is 15.4 Å². The minimum Gasteiger partial charge on any atom is -0.345 e. The Hall–Kier alpha value is -3.00. The maximum atomic E-state index is 12.7. The number of hydrogen-bond donors (Lipinski definition) is 1. The zero-order valence-corrected chi connectivity index (χ0v) is 15.2. The summed E-state index contributed by atoms with van der Waals surface area (Å²) in [6.45, 7) is 3.87. The third kappa shape index (κ3) is 3.65. The molecule has 0 radical (unpaired) electrons. The van der Waals surface area contributed by atoms with E-state index in [1.807, 2.05) is 19.1 Å². The van der Waals surface area contributed by atoms with E-state index in [0.717, 1.165) is 9.65 Å². The summed E-state index contributed by atoms with van der Waals surface area (Å²) in [7, 11) is -3.84. The van der Waals surface area contributed by atoms with Crippen molar-refractivity contribution in [2.45, 2.75) is 25.3 Å². The fraction of sp³-hybridized carbons (Fsp3) is 0.167. The molecule has 0 saturated heterocycles. The van der Waals surface area contributed by atoms with E-state index in [0.29, 0.717) is 11.3 Å². The van der Waals surface area contributed by atoms with Gasteiger partial charge in [-0.1, -0.05) is 24.3 Å². The van der Waals surface area contributed by atoms with Gasteiger partial charge in [0.2, 0.25) is 0 Å². The Morgan fingerprint density at radius 3 is 2.58 bits per heavy atom. The highest BCUT2D eigenvalue weighted by Gasteiger charge is 2.21. The third-order valence-corrected chi connectivity index (χ3v) is 5.53. The number of nitrogens with one attached hydrogen (secondary N) is 1. The summed E-state index contributed by atoms with van der Waals surface area (Å²) in [5.74, 6) is -0.467. The summed E-state index contributed by atoms with van der Waals surface area (Å²) in [5, 5.41) is 6.60. The lowest BCUT2D eigenvalue weighted by molar-refractivity contribution is 0.0945. The van der Waals surface area contributed by atoms with E-state index < -0.39 is 15.9 Å². The standard InChI is InChI=1S/C18H18N4O3S/c1-13-7-8-15(19-11-13)12-20-18(23)16-9-10-22(21-16)26(24,25)17-6-4-3-5-14(17)2/h3-11H,12H2,1-2H3,(H,20,23). The Morgan fingerprint density at radius 1 is 1.12 bits per heavy atom. The second kappa shape index (κ2) is 7.09. The molecule has 26 heavy (non-hydrogen) atoms. The number of rotatable bonds is 5. The van der Waals surface area contributed by atoms with Gasteiger partial charge in [-0.25, -0.2) is 0 Å². The molecule has 8 heteroatoms. The van der Waals surface area contributed by atoms with Crippen molar-refractivity contribution in [3.05, 3.63) is 77.4 Å². The lowest BCUT2D eigenvalue weighted by Gasteiger charge is -2.07. The van der Waals surface area contributed by atoms with Gasteiger partial charge in [-0.3, -0.25) is 9.78 Å². The van der Waals surface area contributed by atoms with Crippen LogP contribution in [-0.2, 0) is 16.6 Å². The van der Waals surface area contributed by atoms with E-state index >= 15 is 0 Å². The number of benzene rings is 1. The van der Waals surface area contributed by atoms with Crippen LogP contribution in [0, 0.1) is 13.8 Å². The largest absolute Gasteiger partial charge is 0.345 e. The van der Waals surface area contributed by atoms with Crippen LogP contribution in [0.15, 0.2) is 59.8 Å². The minimum atomic E-state index is -3.84. The zero-order chi connectivity index (χ0) is 18.7. The number of aryl methyl sites for hydroxylation is 2. The predicted octanol–water partition coefficient (Wildman–Crippen LogP) is 2.06. The summed E-state index contributed by atoms with van der Waals surface area (Å²) < 4.78 is 26.1. The minimum absolute atomic E-state index is 0.0225. The van der Waals surface area contributed by atoms with E-state index in [-0.39, 0.29) is 17.1 Å². The Kier molecular flexibility index (Phi) is 4.85. The molecule has 1 amide bonds. The molecule has 0 saturated carbocycles. The molecule has 0 aliphatic rings. The molecule has 0 atom stereocenters. The first-order valence-electron chi connectivity index (χ1n) is 7.94. The van der Waals surface area contributed by atoms with Crippen LogP contribution >= 0.6 is 0 Å². The molecule has 3 rings (SSSR count). The fourth-order valence-electron chi connectivity index (χ4n) is 2.37. The van der Waals surface area contributed by atoms with Gasteiger partial charge in [0.15, 0.2) is 5.69 Å². The number of carbonyl (C=O) groups is 1. The van der Waals surface area contributed by atoms with Crippen molar-refractivity contribution in [2.75, 3.05) is 0 Å². The highest BCUT2D eigenvalue weighted by molar-refractivity contribution is 7.89. The molecule has 2 aromatic heterocycles. The van der Waals surface area contributed by atoms with Crippen LogP contribution in [0.2, 0.25) is 0 Å². The molecule has 0 aliphatic carbocycles. The van der Waals surface area contributed by atoms with E-state index in [4.69, 9.17) is 0 Å². The van der Waals surface area contributed by atoms with E-state index in [9.17, 15) is 13.2 Å². The van der Waals surface area contributed by atoms with Gasteiger partial charge in [-0.05, 0) is 43.2 Å². The molecular weight excluding hydrogens is 352 g/mol. The Balaban J connectivity index is 1.76. The van der Waals surface area contributed by atoms with Crippen LogP contribution in [0.1, 0.15) is 27.3 Å². The van der Waals surface area contributed by atoms with Gasteiger partial charge in [0, 0.05) is 12.4 Å². The van der Waals surface area contributed by atoms with Gasteiger partial charge in [0.05, 0.1) is 17.1 Å². The number of carbonyl (C=O) groups excluding carboxylic acids is 1. The van der Waals surface area contributed by atoms with Crippen LogP contribution in [-0.4, -0.2) is 28.5 Å². The SMILES string of the molecule is Cc1ccc(CNC(=O)c2ccn(S(=O)(=O)c3ccccc3C)n2)nc1. The number of aromatic nitrogens is 3. The van der Waals surface area contributed by atoms with Gasteiger partial charge < -0.3 is 5.32 Å². The normalized spacial score (nSPS) is 11.3. The second-order valence-electron chi connectivity index (χ2n) is 5.85. The lowest BCUT2D eigenvalue weighted by atomic mass is 10.2. The second-order valence-corrected chi connectivity index (χ2v) is 7.62. The van der Waals surface area contributed by atoms with Gasteiger partial charge in [-0.15, -0.1) is 0 Å². The molecule has 1 aromatic carbocycles. The van der Waals surface area contributed by atoms with Gasteiger partial charge >= 0.3 is 0 Å². The van der Waals surface area contributed by atoms with Crippen molar-refractivity contribution in [1.29, 1.82) is 0 Å². The fourth-order valence-corrected chi connectivity index (χ4v) is 3.72. The van der Waals surface area contributed by atoms with Gasteiger partial charge in [0.25, 0.3) is 15.9 Å². The summed E-state index contributed by atoms with van der Waals surface area (Å²) in [6, 6.07) is 11.7. The topological polar surface area (TPSA) is 94.0 Å². The number of nitrogens with zero attached hydrogens (tertiary/aromatic N) is 3. The average Bonchev–Trinajstić information content (AvgIpc) is 3.12. The smallest absolute Gasteiger partial charge is 0.283 e. The molecule has 0 unspecified atom stereocenters. The van der Waals surface area contributed by atoms with Crippen LogP contribution < -0.4 is 5.32 Å². The average molecular weight is 370 g/mol. The molecule has 2 heterocycles. The summed E-state index contributed by atoms with van der Waals surface area (Å²) in [5.41, 5.74) is 2.37. The molecule has 0 bridgehead atoms. The van der Waals surface area contributed by atoms with Crippen LogP contribution in [0.4, 0.5) is 0 Å². The summed E-state index contributed by atoms with van der Waals surface area (Å²) in [6.07, 6.45) is 2.98. The molecule has 1 N–H and O–H groups in total. The van der Waals surface area contributed by atoms with E-state index in [1.54, 1.807) is 31.3 Å². The predicted molar refractivity (Wildman–Crippen MR) is 96.1 cm³/mol. The van der Waals surface area contributed by atoms with Gasteiger partial charge in [-0.2, -0.15) is 17.6 Å².